The van der Waals surface area contributed by atoms with Gasteiger partial charge in [-0.1, -0.05) is 18.2 Å². The highest BCUT2D eigenvalue weighted by Crippen LogP contribution is 2.27. The summed E-state index contributed by atoms with van der Waals surface area (Å²) < 4.78 is 38.1. The second kappa shape index (κ2) is 10.6. The van der Waals surface area contributed by atoms with Gasteiger partial charge in [0.1, 0.15) is 17.2 Å². The summed E-state index contributed by atoms with van der Waals surface area (Å²) in [6.07, 6.45) is 1.59. The van der Waals surface area contributed by atoms with Crippen molar-refractivity contribution in [2.45, 2.75) is 17.7 Å². The van der Waals surface area contributed by atoms with Gasteiger partial charge in [-0.15, -0.1) is 0 Å². The van der Waals surface area contributed by atoms with Gasteiger partial charge >= 0.3 is 0 Å². The first-order chi connectivity index (χ1) is 16.8. The second-order valence-electron chi connectivity index (χ2n) is 7.91. The number of nitrogens with two attached hydrogens (primary N) is 1. The van der Waals surface area contributed by atoms with E-state index in [9.17, 15) is 18.0 Å². The number of anilines is 1. The number of hydrogen-bond donors (Lipinski definition) is 2. The fourth-order valence-corrected chi connectivity index (χ4v) is 5.18. The maximum atomic E-state index is 12.8. The first kappa shape index (κ1) is 24.2. The first-order valence-corrected chi connectivity index (χ1v) is 12.5. The van der Waals surface area contributed by atoms with E-state index >= 15 is 0 Å². The number of nitrogens with zero attached hydrogens (tertiary/aromatic N) is 1. The summed E-state index contributed by atoms with van der Waals surface area (Å²) in [5.74, 6) is 0.0149. The number of nitrogens with one attached hydrogen (secondary N) is 1. The molecule has 3 aromatic carbocycles. The third-order valence-corrected chi connectivity index (χ3v) is 7.29. The number of rotatable bonds is 9. The molecule has 0 radical (unpaired) electrons. The van der Waals surface area contributed by atoms with Crippen LogP contribution >= 0.6 is 0 Å². The second-order valence-corrected chi connectivity index (χ2v) is 9.85. The van der Waals surface area contributed by atoms with Crippen molar-refractivity contribution in [1.29, 1.82) is 0 Å². The average Bonchev–Trinajstić information content (AvgIpc) is 3.40. The fraction of sp³-hybridized carbons (Fsp3) is 0.200. The van der Waals surface area contributed by atoms with Crippen molar-refractivity contribution >= 4 is 27.5 Å². The zero-order chi connectivity index (χ0) is 24.8. The van der Waals surface area contributed by atoms with E-state index in [4.69, 9.17) is 15.2 Å². The summed E-state index contributed by atoms with van der Waals surface area (Å²) in [6.45, 7) is 0.471. The SMILES string of the molecule is NC(=O)c1cc(S(=O)(=O)N2CCCC2)ccc1OCC(=O)Nc1ccc(Oc2ccccc2)cc1. The number of carbonyl (C=O) groups is 2. The average molecular weight is 496 g/mol. The third kappa shape index (κ3) is 5.97. The Morgan fingerprint density at radius 3 is 2.23 bits per heavy atom. The van der Waals surface area contributed by atoms with Crippen molar-refractivity contribution in [2.24, 2.45) is 5.73 Å². The molecular weight excluding hydrogens is 470 g/mol. The quantitative estimate of drug-likeness (QED) is 0.468. The maximum Gasteiger partial charge on any atom is 0.262 e. The van der Waals surface area contributed by atoms with Crippen LogP contribution in [0.2, 0.25) is 0 Å². The molecule has 0 unspecified atom stereocenters. The molecule has 0 aromatic heterocycles. The largest absolute Gasteiger partial charge is 0.483 e. The summed E-state index contributed by atoms with van der Waals surface area (Å²) >= 11 is 0. The van der Waals surface area contributed by atoms with E-state index in [1.807, 2.05) is 30.3 Å². The molecule has 1 fully saturated rings. The topological polar surface area (TPSA) is 128 Å². The molecule has 0 atom stereocenters. The van der Waals surface area contributed by atoms with E-state index in [0.717, 1.165) is 12.8 Å². The Morgan fingerprint density at radius 2 is 1.57 bits per heavy atom. The molecule has 0 spiro atoms. The standard InChI is InChI=1S/C25H25N3O6S/c26-25(30)22-16-21(35(31,32)28-14-4-5-15-28)12-13-23(22)33-17-24(29)27-18-8-10-20(11-9-18)34-19-6-2-1-3-7-19/h1-3,6-13,16H,4-5,14-15,17H2,(H2,26,30)(H,27,29). The van der Waals surface area contributed by atoms with Crippen LogP contribution in [0.25, 0.3) is 0 Å². The summed E-state index contributed by atoms with van der Waals surface area (Å²) in [7, 11) is -3.73. The predicted octanol–water partition coefficient (Wildman–Crippen LogP) is 3.38. The van der Waals surface area contributed by atoms with Crippen molar-refractivity contribution < 1.29 is 27.5 Å². The molecule has 1 aliphatic rings. The predicted molar refractivity (Wildman–Crippen MR) is 130 cm³/mol. The lowest BCUT2D eigenvalue weighted by Crippen LogP contribution is -2.28. The molecule has 0 aliphatic carbocycles. The molecule has 2 amide bonds. The van der Waals surface area contributed by atoms with Crippen LogP contribution in [-0.4, -0.2) is 44.2 Å². The molecule has 10 heteroatoms. The molecule has 1 heterocycles. The van der Waals surface area contributed by atoms with E-state index in [1.165, 1.54) is 22.5 Å². The normalized spacial score (nSPS) is 13.8. The molecule has 1 aliphatic heterocycles. The molecule has 0 bridgehead atoms. The number of ether oxygens (including phenoxy) is 2. The smallest absolute Gasteiger partial charge is 0.262 e. The zero-order valence-corrected chi connectivity index (χ0v) is 19.7. The van der Waals surface area contributed by atoms with Crippen LogP contribution in [0.3, 0.4) is 0 Å². The van der Waals surface area contributed by atoms with E-state index < -0.39 is 28.4 Å². The Morgan fingerprint density at radius 1 is 0.914 bits per heavy atom. The summed E-state index contributed by atoms with van der Waals surface area (Å²) in [6, 6.07) is 20.0. The minimum atomic E-state index is -3.73. The Balaban J connectivity index is 1.38. The van der Waals surface area contributed by atoms with Crippen molar-refractivity contribution in [3.63, 3.8) is 0 Å². The molecule has 3 N–H and O–H groups in total. The highest BCUT2D eigenvalue weighted by molar-refractivity contribution is 7.89. The first-order valence-electron chi connectivity index (χ1n) is 11.0. The van der Waals surface area contributed by atoms with Crippen LogP contribution in [-0.2, 0) is 14.8 Å². The van der Waals surface area contributed by atoms with Gasteiger partial charge in [0.05, 0.1) is 10.5 Å². The van der Waals surface area contributed by atoms with E-state index in [1.54, 1.807) is 24.3 Å². The van der Waals surface area contributed by atoms with Crippen molar-refractivity contribution in [3.05, 3.63) is 78.4 Å². The van der Waals surface area contributed by atoms with Crippen molar-refractivity contribution in [3.8, 4) is 17.2 Å². The summed E-state index contributed by atoms with van der Waals surface area (Å²) in [4.78, 5) is 24.3. The number of amides is 2. The number of primary amides is 1. The van der Waals surface area contributed by atoms with Crippen molar-refractivity contribution in [2.75, 3.05) is 25.0 Å². The van der Waals surface area contributed by atoms with E-state index in [0.29, 0.717) is 30.3 Å². The highest BCUT2D eigenvalue weighted by Gasteiger charge is 2.28. The van der Waals surface area contributed by atoms with Crippen LogP contribution < -0.4 is 20.5 Å². The molecule has 1 saturated heterocycles. The summed E-state index contributed by atoms with van der Waals surface area (Å²) in [5.41, 5.74) is 5.86. The van der Waals surface area contributed by atoms with Gasteiger partial charge in [-0.05, 0) is 67.4 Å². The van der Waals surface area contributed by atoms with Gasteiger partial charge in [-0.25, -0.2) is 8.42 Å². The lowest BCUT2D eigenvalue weighted by atomic mass is 10.2. The highest BCUT2D eigenvalue weighted by atomic mass is 32.2. The number of sulfonamides is 1. The summed E-state index contributed by atoms with van der Waals surface area (Å²) in [5, 5.41) is 2.69. The lowest BCUT2D eigenvalue weighted by Gasteiger charge is -2.17. The third-order valence-electron chi connectivity index (χ3n) is 5.40. The minimum Gasteiger partial charge on any atom is -0.483 e. The van der Waals surface area contributed by atoms with Gasteiger partial charge in [-0.3, -0.25) is 9.59 Å². The van der Waals surface area contributed by atoms with Crippen LogP contribution in [0, 0.1) is 0 Å². The van der Waals surface area contributed by atoms with Crippen LogP contribution in [0.1, 0.15) is 23.2 Å². The Bertz CT molecular complexity index is 1300. The van der Waals surface area contributed by atoms with Gasteiger partial charge in [0.15, 0.2) is 6.61 Å². The number of para-hydroxylation sites is 1. The maximum absolute atomic E-state index is 12.8. The molecular formula is C25H25N3O6S. The van der Waals surface area contributed by atoms with E-state index in [2.05, 4.69) is 5.32 Å². The Hall–Kier alpha value is -3.89. The van der Waals surface area contributed by atoms with Gasteiger partial charge in [-0.2, -0.15) is 4.31 Å². The molecule has 4 rings (SSSR count). The molecule has 3 aromatic rings. The lowest BCUT2D eigenvalue weighted by molar-refractivity contribution is -0.118. The van der Waals surface area contributed by atoms with Crippen LogP contribution in [0.5, 0.6) is 17.2 Å². The number of carbonyl (C=O) groups excluding carboxylic acids is 2. The monoisotopic (exact) mass is 495 g/mol. The van der Waals surface area contributed by atoms with Gasteiger partial charge < -0.3 is 20.5 Å². The van der Waals surface area contributed by atoms with Crippen LogP contribution in [0.15, 0.2) is 77.7 Å². The molecule has 35 heavy (non-hydrogen) atoms. The van der Waals surface area contributed by atoms with Crippen LogP contribution in [0.4, 0.5) is 5.69 Å². The minimum absolute atomic E-state index is 0.0274. The Kier molecular flexibility index (Phi) is 7.33. The Labute approximate surface area is 203 Å². The molecule has 182 valence electrons. The van der Waals surface area contributed by atoms with E-state index in [-0.39, 0.29) is 16.2 Å². The molecule has 0 saturated carbocycles. The van der Waals surface area contributed by atoms with Gasteiger partial charge in [0, 0.05) is 18.8 Å². The zero-order valence-electron chi connectivity index (χ0n) is 18.8. The number of hydrogen-bond acceptors (Lipinski definition) is 6. The molecule has 9 nitrogen and oxygen atoms in total. The fourth-order valence-electron chi connectivity index (χ4n) is 3.64. The van der Waals surface area contributed by atoms with Gasteiger partial charge in [0.25, 0.3) is 11.8 Å². The van der Waals surface area contributed by atoms with Gasteiger partial charge in [0.2, 0.25) is 10.0 Å². The van der Waals surface area contributed by atoms with Crippen molar-refractivity contribution in [1.82, 2.24) is 4.31 Å². The number of benzene rings is 3.